The molecule has 0 bridgehead atoms. The van der Waals surface area contributed by atoms with Gasteiger partial charge in [0.1, 0.15) is 0 Å². The molecule has 1 amide bonds. The van der Waals surface area contributed by atoms with Crippen LogP contribution in [0, 0.1) is 0 Å². The van der Waals surface area contributed by atoms with E-state index in [2.05, 4.69) is 5.32 Å². The van der Waals surface area contributed by atoms with Gasteiger partial charge in [-0.25, -0.2) is 0 Å². The molecule has 1 aliphatic heterocycles. The SMILES string of the molecule is CC(O)CNC1CCC(=O)N(C)C1. The number of carbonyl (C=O) groups is 1. The van der Waals surface area contributed by atoms with Gasteiger partial charge in [0.15, 0.2) is 0 Å². The first-order valence-electron chi connectivity index (χ1n) is 4.75. The Morgan fingerprint density at radius 2 is 2.46 bits per heavy atom. The van der Waals surface area contributed by atoms with Crippen molar-refractivity contribution < 1.29 is 9.90 Å². The van der Waals surface area contributed by atoms with Gasteiger partial charge in [-0.05, 0) is 13.3 Å². The lowest BCUT2D eigenvalue weighted by Gasteiger charge is -2.30. The van der Waals surface area contributed by atoms with Crippen LogP contribution in [0.2, 0.25) is 0 Å². The van der Waals surface area contributed by atoms with Crippen molar-refractivity contribution in [2.75, 3.05) is 20.1 Å². The topological polar surface area (TPSA) is 52.6 Å². The van der Waals surface area contributed by atoms with Gasteiger partial charge < -0.3 is 15.3 Å². The molecule has 2 atom stereocenters. The van der Waals surface area contributed by atoms with E-state index in [4.69, 9.17) is 5.11 Å². The minimum absolute atomic E-state index is 0.218. The van der Waals surface area contributed by atoms with E-state index >= 15 is 0 Å². The number of amides is 1. The largest absolute Gasteiger partial charge is 0.392 e. The Kier molecular flexibility index (Phi) is 3.69. The number of likely N-dealkylation sites (tertiary alicyclic amines) is 1. The van der Waals surface area contributed by atoms with Gasteiger partial charge in [0.2, 0.25) is 5.91 Å². The highest BCUT2D eigenvalue weighted by atomic mass is 16.3. The summed E-state index contributed by atoms with van der Waals surface area (Å²) in [4.78, 5) is 12.9. The molecule has 1 rings (SSSR count). The van der Waals surface area contributed by atoms with Crippen LogP contribution in [0.15, 0.2) is 0 Å². The summed E-state index contributed by atoms with van der Waals surface area (Å²) >= 11 is 0. The van der Waals surface area contributed by atoms with E-state index in [1.165, 1.54) is 0 Å². The Morgan fingerprint density at radius 3 is 3.00 bits per heavy atom. The second-order valence-electron chi connectivity index (χ2n) is 3.77. The summed E-state index contributed by atoms with van der Waals surface area (Å²) < 4.78 is 0. The number of aliphatic hydroxyl groups excluding tert-OH is 1. The molecule has 1 aliphatic rings. The van der Waals surface area contributed by atoms with Crippen molar-refractivity contribution in [1.29, 1.82) is 0 Å². The third-order valence-electron chi connectivity index (χ3n) is 2.33. The van der Waals surface area contributed by atoms with E-state index in [1.54, 1.807) is 11.8 Å². The molecule has 0 saturated carbocycles. The maximum atomic E-state index is 11.1. The van der Waals surface area contributed by atoms with Crippen molar-refractivity contribution in [3.8, 4) is 0 Å². The average molecular weight is 186 g/mol. The zero-order valence-electron chi connectivity index (χ0n) is 8.29. The Morgan fingerprint density at radius 1 is 1.77 bits per heavy atom. The normalized spacial score (nSPS) is 26.2. The fraction of sp³-hybridized carbons (Fsp3) is 0.889. The lowest BCUT2D eigenvalue weighted by Crippen LogP contribution is -2.48. The summed E-state index contributed by atoms with van der Waals surface area (Å²) in [6, 6.07) is 0.345. The number of hydrogen-bond acceptors (Lipinski definition) is 3. The maximum absolute atomic E-state index is 11.1. The molecule has 0 aromatic carbocycles. The Hall–Kier alpha value is -0.610. The van der Waals surface area contributed by atoms with Crippen LogP contribution < -0.4 is 5.32 Å². The predicted octanol–water partition coefficient (Wildman–Crippen LogP) is -0.422. The molecule has 2 unspecified atom stereocenters. The molecule has 0 aromatic heterocycles. The van der Waals surface area contributed by atoms with Crippen molar-refractivity contribution >= 4 is 5.91 Å². The molecule has 0 radical (unpaired) electrons. The second-order valence-corrected chi connectivity index (χ2v) is 3.77. The molecule has 13 heavy (non-hydrogen) atoms. The number of likely N-dealkylation sites (N-methyl/N-ethyl adjacent to an activating group) is 1. The number of nitrogens with one attached hydrogen (secondary N) is 1. The van der Waals surface area contributed by atoms with Gasteiger partial charge in [-0.3, -0.25) is 4.79 Å². The third kappa shape index (κ3) is 3.32. The van der Waals surface area contributed by atoms with Gasteiger partial charge in [-0.2, -0.15) is 0 Å². The van der Waals surface area contributed by atoms with Crippen molar-refractivity contribution in [3.63, 3.8) is 0 Å². The van der Waals surface area contributed by atoms with E-state index in [1.807, 2.05) is 7.05 Å². The highest BCUT2D eigenvalue weighted by molar-refractivity contribution is 5.76. The van der Waals surface area contributed by atoms with Crippen LogP contribution in [0.3, 0.4) is 0 Å². The Bertz CT molecular complexity index is 182. The summed E-state index contributed by atoms with van der Waals surface area (Å²) in [7, 11) is 1.82. The minimum atomic E-state index is -0.317. The van der Waals surface area contributed by atoms with E-state index in [0.29, 0.717) is 19.0 Å². The monoisotopic (exact) mass is 186 g/mol. The smallest absolute Gasteiger partial charge is 0.222 e. The average Bonchev–Trinajstić information content (AvgIpc) is 2.07. The Balaban J connectivity index is 2.25. The lowest BCUT2D eigenvalue weighted by atomic mass is 10.1. The molecule has 0 spiro atoms. The van der Waals surface area contributed by atoms with Gasteiger partial charge in [0, 0.05) is 32.6 Å². The minimum Gasteiger partial charge on any atom is -0.392 e. The fourth-order valence-electron chi connectivity index (χ4n) is 1.52. The van der Waals surface area contributed by atoms with Gasteiger partial charge in [0.05, 0.1) is 6.10 Å². The number of hydrogen-bond donors (Lipinski definition) is 2. The second kappa shape index (κ2) is 4.58. The number of aliphatic hydroxyl groups is 1. The molecular weight excluding hydrogens is 168 g/mol. The number of carbonyl (C=O) groups excluding carboxylic acids is 1. The van der Waals surface area contributed by atoms with E-state index in [9.17, 15) is 4.79 Å². The summed E-state index contributed by atoms with van der Waals surface area (Å²) in [6.45, 7) is 3.11. The first kappa shape index (κ1) is 10.5. The van der Waals surface area contributed by atoms with Crippen molar-refractivity contribution in [3.05, 3.63) is 0 Å². The summed E-state index contributed by atoms with van der Waals surface area (Å²) in [5.41, 5.74) is 0. The van der Waals surface area contributed by atoms with Gasteiger partial charge in [-0.1, -0.05) is 0 Å². The van der Waals surface area contributed by atoms with E-state index < -0.39 is 0 Å². The molecule has 4 heteroatoms. The number of rotatable bonds is 3. The molecule has 4 nitrogen and oxygen atoms in total. The summed E-state index contributed by atoms with van der Waals surface area (Å²) in [6.07, 6.45) is 1.19. The van der Waals surface area contributed by atoms with Crippen molar-refractivity contribution in [1.82, 2.24) is 10.2 Å². The highest BCUT2D eigenvalue weighted by Crippen LogP contribution is 2.09. The lowest BCUT2D eigenvalue weighted by molar-refractivity contribution is -0.132. The van der Waals surface area contributed by atoms with Crippen LogP contribution in [0.4, 0.5) is 0 Å². The van der Waals surface area contributed by atoms with Crippen LogP contribution >= 0.6 is 0 Å². The molecule has 2 N–H and O–H groups in total. The van der Waals surface area contributed by atoms with Crippen molar-refractivity contribution in [2.45, 2.75) is 31.9 Å². The standard InChI is InChI=1S/C9H18N2O2/c1-7(12)5-10-8-3-4-9(13)11(2)6-8/h7-8,10,12H,3-6H2,1-2H3. The third-order valence-corrected chi connectivity index (χ3v) is 2.33. The van der Waals surface area contributed by atoms with Crippen LogP contribution in [-0.2, 0) is 4.79 Å². The number of nitrogens with zero attached hydrogens (tertiary/aromatic N) is 1. The molecule has 0 aromatic rings. The summed E-state index contributed by atoms with van der Waals surface area (Å²) in [5, 5.41) is 12.3. The van der Waals surface area contributed by atoms with Crippen LogP contribution in [0.1, 0.15) is 19.8 Å². The van der Waals surface area contributed by atoms with Crippen LogP contribution in [-0.4, -0.2) is 48.2 Å². The molecule has 1 saturated heterocycles. The molecular formula is C9H18N2O2. The zero-order chi connectivity index (χ0) is 9.84. The Labute approximate surface area is 78.9 Å². The fourth-order valence-corrected chi connectivity index (χ4v) is 1.52. The highest BCUT2D eigenvalue weighted by Gasteiger charge is 2.22. The molecule has 1 fully saturated rings. The molecule has 1 heterocycles. The van der Waals surface area contributed by atoms with E-state index in [-0.39, 0.29) is 12.0 Å². The summed E-state index contributed by atoms with van der Waals surface area (Å²) in [5.74, 6) is 0.218. The van der Waals surface area contributed by atoms with Crippen LogP contribution in [0.5, 0.6) is 0 Å². The van der Waals surface area contributed by atoms with Gasteiger partial charge in [-0.15, -0.1) is 0 Å². The quantitative estimate of drug-likeness (QED) is 0.629. The van der Waals surface area contributed by atoms with Crippen molar-refractivity contribution in [2.24, 2.45) is 0 Å². The predicted molar refractivity (Wildman–Crippen MR) is 50.3 cm³/mol. The molecule has 76 valence electrons. The maximum Gasteiger partial charge on any atom is 0.222 e. The van der Waals surface area contributed by atoms with Gasteiger partial charge in [0.25, 0.3) is 0 Å². The first-order chi connectivity index (χ1) is 6.09. The number of piperidine rings is 1. The van der Waals surface area contributed by atoms with E-state index in [0.717, 1.165) is 13.0 Å². The molecule has 0 aliphatic carbocycles. The zero-order valence-corrected chi connectivity index (χ0v) is 8.29. The first-order valence-corrected chi connectivity index (χ1v) is 4.75. The van der Waals surface area contributed by atoms with Gasteiger partial charge >= 0.3 is 0 Å². The van der Waals surface area contributed by atoms with Crippen LogP contribution in [0.25, 0.3) is 0 Å².